The van der Waals surface area contributed by atoms with Gasteiger partial charge in [-0.05, 0) is 29.8 Å². The highest BCUT2D eigenvalue weighted by atomic mass is 16.5. The maximum Gasteiger partial charge on any atom is 0.262 e. The number of ether oxygens (including phenoxy) is 3. The molecule has 0 radical (unpaired) electrons. The van der Waals surface area contributed by atoms with Gasteiger partial charge in [0.1, 0.15) is 11.5 Å². The van der Waals surface area contributed by atoms with Crippen LogP contribution < -0.4 is 19.9 Å². The van der Waals surface area contributed by atoms with Crippen molar-refractivity contribution in [2.24, 2.45) is 5.73 Å². The van der Waals surface area contributed by atoms with Crippen LogP contribution in [0.2, 0.25) is 0 Å². The number of hydrogen-bond donors (Lipinski definition) is 1. The van der Waals surface area contributed by atoms with Gasteiger partial charge in [0.25, 0.3) is 5.88 Å². The molecule has 1 heterocycles. The van der Waals surface area contributed by atoms with E-state index >= 15 is 0 Å². The van der Waals surface area contributed by atoms with E-state index in [4.69, 9.17) is 19.9 Å². The van der Waals surface area contributed by atoms with Crippen molar-refractivity contribution in [3.63, 3.8) is 0 Å². The number of hydrogen-bond acceptors (Lipinski definition) is 5. The second kappa shape index (κ2) is 6.06. The van der Waals surface area contributed by atoms with Crippen molar-refractivity contribution in [1.82, 2.24) is 4.98 Å². The summed E-state index contributed by atoms with van der Waals surface area (Å²) < 4.78 is 16.1. The number of nitrogens with zero attached hydrogens (tertiary/aromatic N) is 1. The Kier molecular flexibility index (Phi) is 4.20. The van der Waals surface area contributed by atoms with Gasteiger partial charge in [-0.25, -0.2) is 4.98 Å². The molecule has 0 aliphatic heterocycles. The van der Waals surface area contributed by atoms with Gasteiger partial charge >= 0.3 is 0 Å². The molecule has 1 aromatic heterocycles. The molecule has 0 bridgehead atoms. The molecular weight excluding hydrogens is 244 g/mol. The molecule has 2 aromatic rings. The SMILES string of the molecule is COc1cc(CN)cc(Oc2ncccc2OC)c1. The molecule has 5 heteroatoms. The zero-order valence-corrected chi connectivity index (χ0v) is 10.9. The second-order valence-corrected chi connectivity index (χ2v) is 3.83. The van der Waals surface area contributed by atoms with Gasteiger partial charge in [-0.2, -0.15) is 0 Å². The van der Waals surface area contributed by atoms with Gasteiger partial charge in [0.05, 0.1) is 14.2 Å². The van der Waals surface area contributed by atoms with Crippen LogP contribution in [0.25, 0.3) is 0 Å². The summed E-state index contributed by atoms with van der Waals surface area (Å²) in [7, 11) is 3.17. The number of aromatic nitrogens is 1. The maximum atomic E-state index is 5.71. The van der Waals surface area contributed by atoms with E-state index in [1.807, 2.05) is 12.1 Å². The van der Waals surface area contributed by atoms with Crippen molar-refractivity contribution in [3.8, 4) is 23.1 Å². The summed E-state index contributed by atoms with van der Waals surface area (Å²) in [5, 5.41) is 0. The van der Waals surface area contributed by atoms with Crippen LogP contribution in [0.3, 0.4) is 0 Å². The second-order valence-electron chi connectivity index (χ2n) is 3.83. The summed E-state index contributed by atoms with van der Waals surface area (Å²) in [4.78, 5) is 4.14. The molecule has 0 atom stereocenters. The van der Waals surface area contributed by atoms with Crippen LogP contribution in [0.15, 0.2) is 36.5 Å². The van der Waals surface area contributed by atoms with E-state index in [-0.39, 0.29) is 0 Å². The van der Waals surface area contributed by atoms with Crippen LogP contribution >= 0.6 is 0 Å². The number of pyridine rings is 1. The molecule has 0 unspecified atom stereocenters. The first-order chi connectivity index (χ1) is 9.26. The standard InChI is InChI=1S/C14H16N2O3/c1-17-11-6-10(9-15)7-12(8-11)19-14-13(18-2)4-3-5-16-14/h3-8H,9,15H2,1-2H3. The van der Waals surface area contributed by atoms with Crippen molar-refractivity contribution in [2.75, 3.05) is 14.2 Å². The van der Waals surface area contributed by atoms with E-state index in [1.165, 1.54) is 0 Å². The van der Waals surface area contributed by atoms with E-state index in [2.05, 4.69) is 4.98 Å². The summed E-state index contributed by atoms with van der Waals surface area (Å²) in [6.45, 7) is 0.410. The van der Waals surface area contributed by atoms with Gasteiger partial charge in [0.15, 0.2) is 5.75 Å². The van der Waals surface area contributed by atoms with Gasteiger partial charge in [-0.1, -0.05) is 0 Å². The third-order valence-electron chi connectivity index (χ3n) is 2.58. The molecule has 5 nitrogen and oxygen atoms in total. The van der Waals surface area contributed by atoms with Crippen LogP contribution in [-0.4, -0.2) is 19.2 Å². The fourth-order valence-electron chi connectivity index (χ4n) is 1.64. The first kappa shape index (κ1) is 13.2. The van der Waals surface area contributed by atoms with Gasteiger partial charge in [-0.15, -0.1) is 0 Å². The molecule has 0 saturated carbocycles. The summed E-state index contributed by atoms with van der Waals surface area (Å²) in [6, 6.07) is 9.04. The van der Waals surface area contributed by atoms with Crippen LogP contribution in [0.4, 0.5) is 0 Å². The number of nitrogens with two attached hydrogens (primary N) is 1. The number of methoxy groups -OCH3 is 2. The molecule has 1 aromatic carbocycles. The minimum atomic E-state index is 0.404. The normalized spacial score (nSPS) is 10.1. The Bertz CT molecular complexity index is 536. The molecule has 0 saturated heterocycles. The summed E-state index contributed by atoms with van der Waals surface area (Å²) in [5.74, 6) is 2.27. The van der Waals surface area contributed by atoms with Crippen LogP contribution in [-0.2, 0) is 6.54 Å². The number of rotatable bonds is 5. The molecule has 0 aliphatic carbocycles. The van der Waals surface area contributed by atoms with Crippen molar-refractivity contribution >= 4 is 0 Å². The smallest absolute Gasteiger partial charge is 0.262 e. The Labute approximate surface area is 111 Å². The lowest BCUT2D eigenvalue weighted by Crippen LogP contribution is -1.98. The Morgan fingerprint density at radius 2 is 1.89 bits per heavy atom. The van der Waals surface area contributed by atoms with Crippen LogP contribution in [0.5, 0.6) is 23.1 Å². The third kappa shape index (κ3) is 3.14. The van der Waals surface area contributed by atoms with Crippen molar-refractivity contribution in [2.45, 2.75) is 6.54 Å². The van der Waals surface area contributed by atoms with Crippen LogP contribution in [0.1, 0.15) is 5.56 Å². The van der Waals surface area contributed by atoms with E-state index in [9.17, 15) is 0 Å². The third-order valence-corrected chi connectivity index (χ3v) is 2.58. The quantitative estimate of drug-likeness (QED) is 0.893. The average Bonchev–Trinajstić information content (AvgIpc) is 2.47. The summed E-state index contributed by atoms with van der Waals surface area (Å²) >= 11 is 0. The lowest BCUT2D eigenvalue weighted by atomic mass is 10.2. The highest BCUT2D eigenvalue weighted by Gasteiger charge is 2.08. The zero-order valence-electron chi connectivity index (χ0n) is 10.9. The van der Waals surface area contributed by atoms with Gasteiger partial charge in [0.2, 0.25) is 0 Å². The van der Waals surface area contributed by atoms with Crippen molar-refractivity contribution < 1.29 is 14.2 Å². The summed E-state index contributed by atoms with van der Waals surface area (Å²) in [5.41, 5.74) is 6.56. The lowest BCUT2D eigenvalue weighted by Gasteiger charge is -2.11. The first-order valence-electron chi connectivity index (χ1n) is 5.81. The topological polar surface area (TPSA) is 66.6 Å². The van der Waals surface area contributed by atoms with E-state index in [1.54, 1.807) is 38.6 Å². The molecule has 0 fully saturated rings. The molecule has 19 heavy (non-hydrogen) atoms. The Morgan fingerprint density at radius 1 is 1.11 bits per heavy atom. The Hall–Kier alpha value is -2.27. The highest BCUT2D eigenvalue weighted by molar-refractivity contribution is 5.42. The monoisotopic (exact) mass is 260 g/mol. The minimum Gasteiger partial charge on any atom is -0.497 e. The van der Waals surface area contributed by atoms with E-state index < -0.39 is 0 Å². The molecular formula is C14H16N2O3. The lowest BCUT2D eigenvalue weighted by molar-refractivity contribution is 0.367. The molecule has 0 aliphatic rings. The fraction of sp³-hybridized carbons (Fsp3) is 0.214. The van der Waals surface area contributed by atoms with E-state index in [0.717, 1.165) is 5.56 Å². The van der Waals surface area contributed by atoms with Crippen LogP contribution in [0, 0.1) is 0 Å². The number of benzene rings is 1. The van der Waals surface area contributed by atoms with Gasteiger partial charge < -0.3 is 19.9 Å². The first-order valence-corrected chi connectivity index (χ1v) is 5.81. The Morgan fingerprint density at radius 3 is 2.58 bits per heavy atom. The minimum absolute atomic E-state index is 0.404. The molecule has 0 spiro atoms. The van der Waals surface area contributed by atoms with Crippen molar-refractivity contribution in [1.29, 1.82) is 0 Å². The molecule has 0 amide bonds. The average molecular weight is 260 g/mol. The van der Waals surface area contributed by atoms with Gasteiger partial charge in [-0.3, -0.25) is 0 Å². The predicted octanol–water partition coefficient (Wildman–Crippen LogP) is 2.35. The van der Waals surface area contributed by atoms with E-state index in [0.29, 0.717) is 29.7 Å². The van der Waals surface area contributed by atoms with Crippen molar-refractivity contribution in [3.05, 3.63) is 42.1 Å². The predicted molar refractivity (Wildman–Crippen MR) is 71.7 cm³/mol. The molecule has 2 rings (SSSR count). The van der Waals surface area contributed by atoms with Gasteiger partial charge in [0, 0.05) is 18.8 Å². The summed E-state index contributed by atoms with van der Waals surface area (Å²) in [6.07, 6.45) is 1.64. The largest absolute Gasteiger partial charge is 0.497 e. The molecule has 100 valence electrons. The Balaban J connectivity index is 2.32. The molecule has 2 N–H and O–H groups in total. The maximum absolute atomic E-state index is 5.71. The fourth-order valence-corrected chi connectivity index (χ4v) is 1.64. The zero-order chi connectivity index (χ0) is 13.7. The highest BCUT2D eigenvalue weighted by Crippen LogP contribution is 2.31.